The van der Waals surface area contributed by atoms with Gasteiger partial charge in [-0.25, -0.2) is 8.42 Å². The fourth-order valence-electron chi connectivity index (χ4n) is 2.12. The van der Waals surface area contributed by atoms with Crippen LogP contribution in [-0.2, 0) is 14.8 Å². The summed E-state index contributed by atoms with van der Waals surface area (Å²) in [6.07, 6.45) is 0.565. The number of carbonyl (C=O) groups excluding carboxylic acids is 1. The molecule has 0 aromatic heterocycles. The lowest BCUT2D eigenvalue weighted by Crippen LogP contribution is -2.33. The zero-order chi connectivity index (χ0) is 14.0. The number of nitrogens with zero attached hydrogens (tertiary/aromatic N) is 1. The lowest BCUT2D eigenvalue weighted by atomic mass is 10.1. The van der Waals surface area contributed by atoms with E-state index < -0.39 is 10.0 Å². The maximum absolute atomic E-state index is 12.4. The van der Waals surface area contributed by atoms with Crippen LogP contribution in [0.3, 0.4) is 0 Å². The number of amides is 1. The van der Waals surface area contributed by atoms with Crippen LogP contribution < -0.4 is 5.32 Å². The zero-order valence-electron chi connectivity index (χ0n) is 10.5. The predicted molar refractivity (Wildman–Crippen MR) is 75.1 cm³/mol. The maximum Gasteiger partial charge on any atom is 0.243 e. The maximum atomic E-state index is 12.4. The number of benzene rings is 1. The first-order valence-electron chi connectivity index (χ1n) is 5.92. The van der Waals surface area contributed by atoms with E-state index >= 15 is 0 Å². The normalized spacial score (nSPS) is 20.4. The van der Waals surface area contributed by atoms with Crippen LogP contribution in [0.1, 0.15) is 6.42 Å². The Morgan fingerprint density at radius 3 is 2.58 bits per heavy atom. The average molecular weight is 347 g/mol. The van der Waals surface area contributed by atoms with Gasteiger partial charge in [0.1, 0.15) is 0 Å². The first kappa shape index (κ1) is 14.5. The largest absolute Gasteiger partial charge is 0.359 e. The van der Waals surface area contributed by atoms with Crippen molar-refractivity contribution >= 4 is 31.9 Å². The van der Waals surface area contributed by atoms with Crippen LogP contribution >= 0.6 is 15.9 Å². The third kappa shape index (κ3) is 2.98. The molecule has 7 heteroatoms. The minimum Gasteiger partial charge on any atom is -0.359 e. The van der Waals surface area contributed by atoms with Crippen molar-refractivity contribution < 1.29 is 13.2 Å². The molecule has 1 unspecified atom stereocenters. The van der Waals surface area contributed by atoms with Crippen molar-refractivity contribution in [2.45, 2.75) is 11.3 Å². The van der Waals surface area contributed by atoms with E-state index in [1.165, 1.54) is 4.31 Å². The van der Waals surface area contributed by atoms with E-state index in [9.17, 15) is 13.2 Å². The van der Waals surface area contributed by atoms with E-state index in [1.54, 1.807) is 31.3 Å². The lowest BCUT2D eigenvalue weighted by Gasteiger charge is -2.16. The summed E-state index contributed by atoms with van der Waals surface area (Å²) in [6.45, 7) is 0.633. The summed E-state index contributed by atoms with van der Waals surface area (Å²) < 4.78 is 27.0. The van der Waals surface area contributed by atoms with E-state index in [1.807, 2.05) is 0 Å². The second-order valence-electron chi connectivity index (χ2n) is 4.42. The summed E-state index contributed by atoms with van der Waals surface area (Å²) in [5.41, 5.74) is 0. The summed E-state index contributed by atoms with van der Waals surface area (Å²) in [5.74, 6) is -0.358. The van der Waals surface area contributed by atoms with Gasteiger partial charge in [-0.05, 0) is 30.7 Å². The molecule has 1 N–H and O–H groups in total. The number of hydrogen-bond acceptors (Lipinski definition) is 3. The van der Waals surface area contributed by atoms with E-state index in [4.69, 9.17) is 0 Å². The molecule has 5 nitrogen and oxygen atoms in total. The van der Waals surface area contributed by atoms with Crippen LogP contribution in [0.5, 0.6) is 0 Å². The summed E-state index contributed by atoms with van der Waals surface area (Å²) in [4.78, 5) is 11.8. The summed E-state index contributed by atoms with van der Waals surface area (Å²) in [6, 6.07) is 6.51. The van der Waals surface area contributed by atoms with Gasteiger partial charge < -0.3 is 5.32 Å². The Morgan fingerprint density at radius 2 is 2.00 bits per heavy atom. The Labute approximate surface area is 121 Å². The molecule has 1 aromatic rings. The highest BCUT2D eigenvalue weighted by atomic mass is 79.9. The third-order valence-corrected chi connectivity index (χ3v) is 5.63. The van der Waals surface area contributed by atoms with Crippen molar-refractivity contribution in [2.75, 3.05) is 20.1 Å². The highest BCUT2D eigenvalue weighted by Crippen LogP contribution is 2.25. The van der Waals surface area contributed by atoms with Crippen molar-refractivity contribution in [3.63, 3.8) is 0 Å². The topological polar surface area (TPSA) is 66.5 Å². The number of carbonyl (C=O) groups is 1. The smallest absolute Gasteiger partial charge is 0.243 e. The Kier molecular flexibility index (Phi) is 4.27. The molecule has 1 heterocycles. The van der Waals surface area contributed by atoms with E-state index in [-0.39, 0.29) is 23.3 Å². The number of rotatable bonds is 3. The molecule has 1 amide bonds. The zero-order valence-corrected chi connectivity index (χ0v) is 12.9. The van der Waals surface area contributed by atoms with E-state index in [2.05, 4.69) is 21.2 Å². The molecule has 104 valence electrons. The molecule has 0 saturated carbocycles. The summed E-state index contributed by atoms with van der Waals surface area (Å²) in [7, 11) is -1.93. The molecule has 1 aliphatic rings. The Hall–Kier alpha value is -0.920. The quantitative estimate of drug-likeness (QED) is 0.894. The van der Waals surface area contributed by atoms with Crippen molar-refractivity contribution in [1.82, 2.24) is 9.62 Å². The molecule has 1 saturated heterocycles. The molecule has 0 aliphatic carbocycles. The number of halogens is 1. The van der Waals surface area contributed by atoms with Gasteiger partial charge in [0.2, 0.25) is 15.9 Å². The van der Waals surface area contributed by atoms with Crippen molar-refractivity contribution in [2.24, 2.45) is 5.92 Å². The highest BCUT2D eigenvalue weighted by molar-refractivity contribution is 9.10. The first-order valence-corrected chi connectivity index (χ1v) is 8.16. The van der Waals surface area contributed by atoms with Gasteiger partial charge in [0.05, 0.1) is 10.8 Å². The number of hydrogen-bond donors (Lipinski definition) is 1. The monoisotopic (exact) mass is 346 g/mol. The third-order valence-electron chi connectivity index (χ3n) is 3.22. The first-order chi connectivity index (χ1) is 8.95. The van der Waals surface area contributed by atoms with Crippen LogP contribution in [0.4, 0.5) is 0 Å². The predicted octanol–water partition coefficient (Wildman–Crippen LogP) is 1.21. The molecule has 1 fully saturated rings. The molecule has 0 bridgehead atoms. The van der Waals surface area contributed by atoms with E-state index in [0.717, 1.165) is 4.47 Å². The Bertz CT molecular complexity index is 571. The second kappa shape index (κ2) is 5.60. The Balaban J connectivity index is 2.18. The lowest BCUT2D eigenvalue weighted by molar-refractivity contribution is -0.123. The summed E-state index contributed by atoms with van der Waals surface area (Å²) in [5, 5.41) is 2.56. The number of sulfonamides is 1. The van der Waals surface area contributed by atoms with Gasteiger partial charge in [-0.1, -0.05) is 15.9 Å². The molecule has 1 aromatic carbocycles. The van der Waals surface area contributed by atoms with E-state index in [0.29, 0.717) is 13.0 Å². The van der Waals surface area contributed by atoms with Crippen LogP contribution in [0, 0.1) is 5.92 Å². The fourth-order valence-corrected chi connectivity index (χ4v) is 3.88. The molecule has 0 spiro atoms. The van der Waals surface area contributed by atoms with Crippen LogP contribution in [0.15, 0.2) is 33.6 Å². The van der Waals surface area contributed by atoms with Crippen LogP contribution in [0.25, 0.3) is 0 Å². The van der Waals surface area contributed by atoms with Gasteiger partial charge >= 0.3 is 0 Å². The molecular formula is C12H15BrN2O3S. The van der Waals surface area contributed by atoms with Gasteiger partial charge in [-0.2, -0.15) is 4.31 Å². The van der Waals surface area contributed by atoms with Gasteiger partial charge in [0.15, 0.2) is 0 Å². The minimum atomic E-state index is -3.50. The summed E-state index contributed by atoms with van der Waals surface area (Å²) >= 11 is 3.27. The molecule has 0 radical (unpaired) electrons. The molecule has 1 aliphatic heterocycles. The van der Waals surface area contributed by atoms with Crippen molar-refractivity contribution in [3.8, 4) is 0 Å². The van der Waals surface area contributed by atoms with Gasteiger partial charge in [0, 0.05) is 24.6 Å². The Morgan fingerprint density at radius 1 is 1.37 bits per heavy atom. The van der Waals surface area contributed by atoms with Crippen LogP contribution in [0.2, 0.25) is 0 Å². The van der Waals surface area contributed by atoms with Crippen molar-refractivity contribution in [1.29, 1.82) is 0 Å². The molecular weight excluding hydrogens is 332 g/mol. The van der Waals surface area contributed by atoms with Gasteiger partial charge in [-0.3, -0.25) is 4.79 Å². The standard InChI is InChI=1S/C12H15BrN2O3S/c1-14-12(16)9-6-7-15(8-9)19(17,18)11-4-2-10(13)3-5-11/h2-5,9H,6-8H2,1H3,(H,14,16). The minimum absolute atomic E-state index is 0.103. The molecule has 2 rings (SSSR count). The molecule has 19 heavy (non-hydrogen) atoms. The number of nitrogens with one attached hydrogen (secondary N) is 1. The van der Waals surface area contributed by atoms with Crippen molar-refractivity contribution in [3.05, 3.63) is 28.7 Å². The molecule has 1 atom stereocenters. The average Bonchev–Trinajstić information content (AvgIpc) is 2.88. The fraction of sp³-hybridized carbons (Fsp3) is 0.417. The SMILES string of the molecule is CNC(=O)C1CCN(S(=O)(=O)c2ccc(Br)cc2)C1. The van der Waals surface area contributed by atoms with Gasteiger partial charge in [-0.15, -0.1) is 0 Å². The second-order valence-corrected chi connectivity index (χ2v) is 7.27. The van der Waals surface area contributed by atoms with Crippen LogP contribution in [-0.4, -0.2) is 38.8 Å². The van der Waals surface area contributed by atoms with Gasteiger partial charge in [0.25, 0.3) is 0 Å². The highest BCUT2D eigenvalue weighted by Gasteiger charge is 2.35.